The first kappa shape index (κ1) is 13.3. The normalized spacial score (nSPS) is 19.1. The molecule has 1 saturated heterocycles. The van der Waals surface area contributed by atoms with E-state index in [2.05, 4.69) is 21.2 Å². The second-order valence-electron chi connectivity index (χ2n) is 4.23. The van der Waals surface area contributed by atoms with E-state index in [4.69, 9.17) is 5.11 Å². The Kier molecular flexibility index (Phi) is 4.19. The molecule has 0 aromatic heterocycles. The number of aliphatic hydroxyl groups excluding tert-OH is 1. The van der Waals surface area contributed by atoms with Crippen molar-refractivity contribution in [1.29, 1.82) is 0 Å². The van der Waals surface area contributed by atoms with Gasteiger partial charge in [0.25, 0.3) is 0 Å². The van der Waals surface area contributed by atoms with Crippen LogP contribution in [0, 0.1) is 5.82 Å². The highest BCUT2D eigenvalue weighted by atomic mass is 79.9. The lowest BCUT2D eigenvalue weighted by atomic mass is 10.2. The number of halogens is 2. The number of likely N-dealkylation sites (tertiary alicyclic amines) is 1. The number of nitrogens with one attached hydrogen (secondary N) is 1. The monoisotopic (exact) mass is 316 g/mol. The summed E-state index contributed by atoms with van der Waals surface area (Å²) in [5.74, 6) is -0.373. The highest BCUT2D eigenvalue weighted by Crippen LogP contribution is 2.22. The summed E-state index contributed by atoms with van der Waals surface area (Å²) in [6.45, 7) is 0.611. The second-order valence-corrected chi connectivity index (χ2v) is 5.09. The molecule has 1 aliphatic rings. The summed E-state index contributed by atoms with van der Waals surface area (Å²) in [5, 5.41) is 11.8. The van der Waals surface area contributed by atoms with Gasteiger partial charge in [-0.1, -0.05) is 0 Å². The molecule has 18 heavy (non-hydrogen) atoms. The molecule has 1 heterocycles. The Morgan fingerprint density at radius 3 is 3.06 bits per heavy atom. The molecule has 0 saturated carbocycles. The SMILES string of the molecule is O=C(Nc1ccc(F)c(Br)c1)N1CCCC1CO. The maximum Gasteiger partial charge on any atom is 0.322 e. The molecule has 6 heteroatoms. The molecule has 0 radical (unpaired) electrons. The minimum atomic E-state index is -0.373. The number of carbonyl (C=O) groups excluding carboxylic acids is 1. The Balaban J connectivity index is 2.04. The summed E-state index contributed by atoms with van der Waals surface area (Å²) in [6.07, 6.45) is 1.71. The van der Waals surface area contributed by atoms with E-state index in [1.807, 2.05) is 0 Å². The van der Waals surface area contributed by atoms with Crippen molar-refractivity contribution in [1.82, 2.24) is 4.90 Å². The Labute approximate surface area is 113 Å². The lowest BCUT2D eigenvalue weighted by molar-refractivity contribution is 0.166. The van der Waals surface area contributed by atoms with Crippen LogP contribution in [0.1, 0.15) is 12.8 Å². The molecule has 0 aliphatic carbocycles. The molecular weight excluding hydrogens is 303 g/mol. The van der Waals surface area contributed by atoms with Gasteiger partial charge in [0.15, 0.2) is 0 Å². The van der Waals surface area contributed by atoms with Gasteiger partial charge < -0.3 is 15.3 Å². The standard InChI is InChI=1S/C12H14BrFN2O2/c13-10-6-8(3-4-11(10)14)15-12(18)16-5-1-2-9(16)7-17/h3-4,6,9,17H,1-2,5,7H2,(H,15,18). The van der Waals surface area contributed by atoms with Crippen LogP contribution in [-0.2, 0) is 0 Å². The number of anilines is 1. The van der Waals surface area contributed by atoms with Crippen molar-refractivity contribution in [2.75, 3.05) is 18.5 Å². The highest BCUT2D eigenvalue weighted by Gasteiger charge is 2.28. The predicted molar refractivity (Wildman–Crippen MR) is 69.9 cm³/mol. The van der Waals surface area contributed by atoms with Crippen molar-refractivity contribution >= 4 is 27.6 Å². The summed E-state index contributed by atoms with van der Waals surface area (Å²) in [4.78, 5) is 13.6. The average Bonchev–Trinajstić information content (AvgIpc) is 2.82. The molecule has 1 aromatic rings. The summed E-state index contributed by atoms with van der Waals surface area (Å²) < 4.78 is 13.4. The second kappa shape index (κ2) is 5.67. The number of carbonyl (C=O) groups is 1. The number of urea groups is 1. The van der Waals surface area contributed by atoms with Crippen LogP contribution >= 0.6 is 15.9 Å². The van der Waals surface area contributed by atoms with E-state index in [1.54, 1.807) is 4.90 Å². The van der Waals surface area contributed by atoms with Gasteiger partial charge in [0.2, 0.25) is 0 Å². The lowest BCUT2D eigenvalue weighted by Crippen LogP contribution is -2.40. The zero-order valence-electron chi connectivity index (χ0n) is 9.70. The number of nitrogens with zero attached hydrogens (tertiary/aromatic N) is 1. The Morgan fingerprint density at radius 2 is 2.39 bits per heavy atom. The largest absolute Gasteiger partial charge is 0.394 e. The van der Waals surface area contributed by atoms with Crippen LogP contribution in [0.3, 0.4) is 0 Å². The topological polar surface area (TPSA) is 52.6 Å². The molecule has 0 bridgehead atoms. The predicted octanol–water partition coefficient (Wildman–Crippen LogP) is 2.58. The van der Waals surface area contributed by atoms with Gasteiger partial charge in [0.05, 0.1) is 17.1 Å². The molecule has 4 nitrogen and oxygen atoms in total. The first-order valence-electron chi connectivity index (χ1n) is 5.75. The molecule has 1 fully saturated rings. The van der Waals surface area contributed by atoms with Crippen molar-refractivity contribution in [2.45, 2.75) is 18.9 Å². The number of hydrogen-bond donors (Lipinski definition) is 2. The fourth-order valence-corrected chi connectivity index (χ4v) is 2.44. The number of benzene rings is 1. The molecule has 1 atom stereocenters. The molecule has 1 aliphatic heterocycles. The van der Waals surface area contributed by atoms with Crippen LogP contribution < -0.4 is 5.32 Å². The summed E-state index contributed by atoms with van der Waals surface area (Å²) in [5.41, 5.74) is 0.525. The molecule has 2 rings (SSSR count). The van der Waals surface area contributed by atoms with Gasteiger partial charge in [-0.25, -0.2) is 9.18 Å². The van der Waals surface area contributed by atoms with E-state index in [1.165, 1.54) is 18.2 Å². The molecule has 1 aromatic carbocycles. The van der Waals surface area contributed by atoms with Crippen molar-refractivity contribution in [3.63, 3.8) is 0 Å². The molecule has 1 unspecified atom stereocenters. The highest BCUT2D eigenvalue weighted by molar-refractivity contribution is 9.10. The minimum Gasteiger partial charge on any atom is -0.394 e. The summed E-state index contributed by atoms with van der Waals surface area (Å²) >= 11 is 3.07. The van der Waals surface area contributed by atoms with Gasteiger partial charge in [-0.2, -0.15) is 0 Å². The van der Waals surface area contributed by atoms with Crippen LogP contribution in [0.4, 0.5) is 14.9 Å². The average molecular weight is 317 g/mol. The van der Waals surface area contributed by atoms with Crippen LogP contribution in [0.25, 0.3) is 0 Å². The lowest BCUT2D eigenvalue weighted by Gasteiger charge is -2.23. The molecule has 2 amide bonds. The third-order valence-corrected chi connectivity index (χ3v) is 3.63. The fraction of sp³-hybridized carbons (Fsp3) is 0.417. The summed E-state index contributed by atoms with van der Waals surface area (Å²) in [6, 6.07) is 3.92. The summed E-state index contributed by atoms with van der Waals surface area (Å²) in [7, 11) is 0. The first-order valence-corrected chi connectivity index (χ1v) is 6.54. The maximum absolute atomic E-state index is 13.1. The number of rotatable bonds is 2. The number of hydrogen-bond acceptors (Lipinski definition) is 2. The van der Waals surface area contributed by atoms with Crippen LogP contribution in [-0.4, -0.2) is 35.2 Å². The van der Waals surface area contributed by atoms with Gasteiger partial charge >= 0.3 is 6.03 Å². The van der Waals surface area contributed by atoms with Gasteiger partial charge in [-0.3, -0.25) is 0 Å². The fourth-order valence-electron chi connectivity index (χ4n) is 2.06. The minimum absolute atomic E-state index is 0.0272. The van der Waals surface area contributed by atoms with E-state index >= 15 is 0 Å². The van der Waals surface area contributed by atoms with E-state index in [9.17, 15) is 9.18 Å². The zero-order valence-corrected chi connectivity index (χ0v) is 11.3. The van der Waals surface area contributed by atoms with E-state index in [0.717, 1.165) is 12.8 Å². The van der Waals surface area contributed by atoms with Crippen LogP contribution in [0.2, 0.25) is 0 Å². The number of aliphatic hydroxyl groups is 1. The molecule has 98 valence electrons. The number of amides is 2. The van der Waals surface area contributed by atoms with Gasteiger partial charge in [0, 0.05) is 12.2 Å². The van der Waals surface area contributed by atoms with Crippen molar-refractivity contribution in [2.24, 2.45) is 0 Å². The third-order valence-electron chi connectivity index (χ3n) is 3.02. The van der Waals surface area contributed by atoms with Crippen molar-refractivity contribution in [3.8, 4) is 0 Å². The third kappa shape index (κ3) is 2.81. The van der Waals surface area contributed by atoms with E-state index < -0.39 is 0 Å². The van der Waals surface area contributed by atoms with E-state index in [-0.39, 0.29) is 24.5 Å². The van der Waals surface area contributed by atoms with Crippen molar-refractivity contribution in [3.05, 3.63) is 28.5 Å². The Hall–Kier alpha value is -1.14. The maximum atomic E-state index is 13.1. The van der Waals surface area contributed by atoms with Crippen LogP contribution in [0.5, 0.6) is 0 Å². The first-order chi connectivity index (χ1) is 8.61. The van der Waals surface area contributed by atoms with E-state index in [0.29, 0.717) is 16.7 Å². The Morgan fingerprint density at radius 1 is 1.61 bits per heavy atom. The zero-order chi connectivity index (χ0) is 13.1. The van der Waals surface area contributed by atoms with Crippen LogP contribution in [0.15, 0.2) is 22.7 Å². The molecular formula is C12H14BrFN2O2. The van der Waals surface area contributed by atoms with Gasteiger partial charge in [-0.15, -0.1) is 0 Å². The van der Waals surface area contributed by atoms with Gasteiger partial charge in [-0.05, 0) is 47.0 Å². The molecule has 2 N–H and O–H groups in total. The smallest absolute Gasteiger partial charge is 0.322 e. The van der Waals surface area contributed by atoms with Gasteiger partial charge in [0.1, 0.15) is 5.82 Å². The van der Waals surface area contributed by atoms with Crippen molar-refractivity contribution < 1.29 is 14.3 Å². The molecule has 0 spiro atoms. The quantitative estimate of drug-likeness (QED) is 0.881. The Bertz CT molecular complexity index is 456.